The molecule has 0 fully saturated rings. The van der Waals surface area contributed by atoms with Crippen molar-refractivity contribution in [1.29, 1.82) is 0 Å². The molecule has 106 valence electrons. The summed E-state index contributed by atoms with van der Waals surface area (Å²) in [4.78, 5) is 10.9. The van der Waals surface area contributed by atoms with E-state index in [-0.39, 0.29) is 5.12 Å². The maximum Gasteiger partial charge on any atom is 0.201 e. The fourth-order valence-corrected chi connectivity index (χ4v) is 1.94. The second kappa shape index (κ2) is 15.2. The van der Waals surface area contributed by atoms with Crippen molar-refractivity contribution < 1.29 is 4.79 Å². The SMILES string of the molecule is CCCCCCCCC#CCCC#CSC(=O)CC. The van der Waals surface area contributed by atoms with Crippen molar-refractivity contribution in [2.75, 3.05) is 0 Å². The standard InChI is InChI=1S/C17H26OS/c1-3-5-6-7-8-9-10-11-12-13-14-15-16-19-17(18)4-2/h3-10,13-14H2,1-2H3. The van der Waals surface area contributed by atoms with Gasteiger partial charge >= 0.3 is 0 Å². The summed E-state index contributed by atoms with van der Waals surface area (Å²) in [5, 5.41) is 2.96. The fraction of sp³-hybridized carbons (Fsp3) is 0.706. The first kappa shape index (κ1) is 18.1. The highest BCUT2D eigenvalue weighted by molar-refractivity contribution is 8.17. The molecule has 1 nitrogen and oxygen atoms in total. The van der Waals surface area contributed by atoms with E-state index in [1.807, 2.05) is 6.92 Å². The fourth-order valence-electron chi connectivity index (χ4n) is 1.51. The Morgan fingerprint density at radius 3 is 2.21 bits per heavy atom. The summed E-state index contributed by atoms with van der Waals surface area (Å²) >= 11 is 1.11. The van der Waals surface area contributed by atoms with E-state index in [2.05, 4.69) is 29.9 Å². The molecule has 0 aliphatic carbocycles. The van der Waals surface area contributed by atoms with Crippen LogP contribution in [0.4, 0.5) is 0 Å². The topological polar surface area (TPSA) is 17.1 Å². The number of hydrogen-bond acceptors (Lipinski definition) is 2. The molecule has 0 N–H and O–H groups in total. The Morgan fingerprint density at radius 2 is 1.47 bits per heavy atom. The van der Waals surface area contributed by atoms with Gasteiger partial charge in [-0.15, -0.1) is 11.8 Å². The molecular formula is C17H26OS. The van der Waals surface area contributed by atoms with Crippen LogP contribution in [0, 0.1) is 23.0 Å². The average Bonchev–Trinajstić information content (AvgIpc) is 2.43. The first-order valence-electron chi connectivity index (χ1n) is 7.44. The average molecular weight is 278 g/mol. The van der Waals surface area contributed by atoms with Gasteiger partial charge in [0.15, 0.2) is 0 Å². The van der Waals surface area contributed by atoms with Crippen molar-refractivity contribution in [1.82, 2.24) is 0 Å². The van der Waals surface area contributed by atoms with E-state index in [9.17, 15) is 4.79 Å². The number of carbonyl (C=O) groups is 1. The van der Waals surface area contributed by atoms with Crippen LogP contribution in [0.25, 0.3) is 0 Å². The van der Waals surface area contributed by atoms with Gasteiger partial charge in [0.1, 0.15) is 0 Å². The molecule has 0 spiro atoms. The van der Waals surface area contributed by atoms with Crippen LogP contribution in [0.1, 0.15) is 78.1 Å². The van der Waals surface area contributed by atoms with Crippen LogP contribution < -0.4 is 0 Å². The third kappa shape index (κ3) is 15.1. The molecule has 0 heterocycles. The molecule has 0 saturated heterocycles. The molecule has 0 atom stereocenters. The van der Waals surface area contributed by atoms with Gasteiger partial charge in [0.25, 0.3) is 0 Å². The van der Waals surface area contributed by atoms with Crippen LogP contribution in [0.5, 0.6) is 0 Å². The number of hydrogen-bond donors (Lipinski definition) is 0. The van der Waals surface area contributed by atoms with Gasteiger partial charge in [0, 0.05) is 25.7 Å². The highest BCUT2D eigenvalue weighted by Crippen LogP contribution is 2.06. The maximum atomic E-state index is 10.9. The summed E-state index contributed by atoms with van der Waals surface area (Å²) in [7, 11) is 0. The smallest absolute Gasteiger partial charge is 0.201 e. The molecule has 0 unspecified atom stereocenters. The molecule has 2 heteroatoms. The number of carbonyl (C=O) groups excluding carboxylic acids is 1. The van der Waals surface area contributed by atoms with Gasteiger partial charge in [-0.25, -0.2) is 0 Å². The van der Waals surface area contributed by atoms with Crippen molar-refractivity contribution in [3.63, 3.8) is 0 Å². The lowest BCUT2D eigenvalue weighted by atomic mass is 10.1. The Morgan fingerprint density at radius 1 is 0.842 bits per heavy atom. The van der Waals surface area contributed by atoms with Crippen LogP contribution in [-0.2, 0) is 4.79 Å². The first-order valence-corrected chi connectivity index (χ1v) is 8.26. The summed E-state index contributed by atoms with van der Waals surface area (Å²) in [6.45, 7) is 4.09. The van der Waals surface area contributed by atoms with E-state index >= 15 is 0 Å². The van der Waals surface area contributed by atoms with Crippen LogP contribution in [-0.4, -0.2) is 5.12 Å². The molecule has 0 amide bonds. The highest BCUT2D eigenvalue weighted by atomic mass is 32.2. The van der Waals surface area contributed by atoms with Gasteiger partial charge in [-0.2, -0.15) is 0 Å². The zero-order valence-electron chi connectivity index (χ0n) is 12.4. The lowest BCUT2D eigenvalue weighted by molar-refractivity contribution is -0.110. The molecule has 0 aromatic carbocycles. The van der Waals surface area contributed by atoms with E-state index in [0.29, 0.717) is 6.42 Å². The van der Waals surface area contributed by atoms with Gasteiger partial charge < -0.3 is 0 Å². The number of thioether (sulfide) groups is 1. The molecule has 0 bridgehead atoms. The summed E-state index contributed by atoms with van der Waals surface area (Å²) < 4.78 is 0. The van der Waals surface area contributed by atoms with E-state index < -0.39 is 0 Å². The monoisotopic (exact) mass is 278 g/mol. The van der Waals surface area contributed by atoms with E-state index in [1.54, 1.807) is 0 Å². The Hall–Kier alpha value is -0.860. The molecule has 0 rings (SSSR count). The predicted octanol–water partition coefficient (Wildman–Crippen LogP) is 5.15. The zero-order chi connectivity index (χ0) is 14.2. The molecular weight excluding hydrogens is 252 g/mol. The highest BCUT2D eigenvalue weighted by Gasteiger charge is 1.92. The van der Waals surface area contributed by atoms with Crippen LogP contribution in [0.15, 0.2) is 0 Å². The minimum Gasteiger partial charge on any atom is -0.286 e. The largest absolute Gasteiger partial charge is 0.286 e. The van der Waals surface area contributed by atoms with Gasteiger partial charge in [-0.05, 0) is 23.4 Å². The van der Waals surface area contributed by atoms with Crippen LogP contribution in [0.3, 0.4) is 0 Å². The first-order chi connectivity index (χ1) is 9.31. The molecule has 19 heavy (non-hydrogen) atoms. The van der Waals surface area contributed by atoms with E-state index in [0.717, 1.165) is 31.0 Å². The van der Waals surface area contributed by atoms with Crippen molar-refractivity contribution in [2.24, 2.45) is 0 Å². The molecule has 0 aromatic heterocycles. The number of unbranched alkanes of at least 4 members (excludes halogenated alkanes) is 7. The van der Waals surface area contributed by atoms with Gasteiger partial charge in [-0.1, -0.05) is 51.9 Å². The molecule has 0 radical (unpaired) electrons. The minimum atomic E-state index is 0.140. The van der Waals surface area contributed by atoms with Gasteiger partial charge in [0.05, 0.1) is 0 Å². The number of rotatable bonds is 8. The zero-order valence-corrected chi connectivity index (χ0v) is 13.2. The summed E-state index contributed by atoms with van der Waals surface area (Å²) in [5.41, 5.74) is 0. The van der Waals surface area contributed by atoms with Gasteiger partial charge in [-0.3, -0.25) is 4.79 Å². The van der Waals surface area contributed by atoms with E-state index in [4.69, 9.17) is 0 Å². The van der Waals surface area contributed by atoms with Crippen molar-refractivity contribution in [2.45, 2.75) is 78.1 Å². The summed E-state index contributed by atoms with van der Waals surface area (Å²) in [6, 6.07) is 0. The Bertz CT molecular complexity index is 338. The van der Waals surface area contributed by atoms with E-state index in [1.165, 1.54) is 38.5 Å². The lowest BCUT2D eigenvalue weighted by Crippen LogP contribution is -1.82. The Labute approximate surface area is 123 Å². The summed E-state index contributed by atoms with van der Waals surface area (Å²) in [5.74, 6) is 9.30. The Balaban J connectivity index is 3.33. The second-order valence-corrected chi connectivity index (χ2v) is 5.34. The molecule has 0 aliphatic rings. The normalized spacial score (nSPS) is 9.16. The van der Waals surface area contributed by atoms with Crippen LogP contribution in [0.2, 0.25) is 0 Å². The minimum absolute atomic E-state index is 0.140. The summed E-state index contributed by atoms with van der Waals surface area (Å²) in [6.07, 6.45) is 11.1. The Kier molecular flexibility index (Phi) is 14.5. The van der Waals surface area contributed by atoms with Gasteiger partial charge in [0.2, 0.25) is 5.12 Å². The second-order valence-electron chi connectivity index (χ2n) is 4.48. The quantitative estimate of drug-likeness (QED) is 0.451. The van der Waals surface area contributed by atoms with Crippen molar-refractivity contribution in [3.05, 3.63) is 0 Å². The molecule has 0 aliphatic heterocycles. The third-order valence-corrected chi connectivity index (χ3v) is 3.44. The van der Waals surface area contributed by atoms with Crippen molar-refractivity contribution >= 4 is 16.9 Å². The third-order valence-electron chi connectivity index (χ3n) is 2.68. The maximum absolute atomic E-state index is 10.9. The predicted molar refractivity (Wildman–Crippen MR) is 85.7 cm³/mol. The molecule has 0 saturated carbocycles. The lowest BCUT2D eigenvalue weighted by Gasteiger charge is -1.96. The molecule has 0 aromatic rings. The van der Waals surface area contributed by atoms with Crippen molar-refractivity contribution in [3.8, 4) is 23.0 Å². The van der Waals surface area contributed by atoms with Crippen LogP contribution >= 0.6 is 11.8 Å².